The standard InChI is InChI=1S/C40H28O/c1-3-12-27(13-4-1)29-16-11-17-30(24-29)38-26-32-25-31(22-23-37(32)41-38)40-35-20-9-7-18-33(35)39(28-14-5-2-6-15-28)34-19-8-10-21-36(34)40/h2-27H,1H2/i1D,3D,4D,7D,9D,12D,13D,18D,20D. The summed E-state index contributed by atoms with van der Waals surface area (Å²) in [6, 6.07) is 30.6. The number of furan rings is 1. The minimum Gasteiger partial charge on any atom is -0.456 e. The highest BCUT2D eigenvalue weighted by molar-refractivity contribution is 6.21. The van der Waals surface area contributed by atoms with Crippen LogP contribution in [-0.4, -0.2) is 0 Å². The molecule has 0 N–H and O–H groups in total. The second-order valence-electron chi connectivity index (χ2n) is 10.1. The van der Waals surface area contributed by atoms with E-state index >= 15 is 0 Å². The number of allylic oxidation sites excluding steroid dienone is 4. The molecule has 6 aromatic carbocycles. The quantitative estimate of drug-likeness (QED) is 0.162. The van der Waals surface area contributed by atoms with Gasteiger partial charge in [0.15, 0.2) is 0 Å². The Morgan fingerprint density at radius 2 is 1.29 bits per heavy atom. The highest BCUT2D eigenvalue weighted by Crippen LogP contribution is 2.44. The molecule has 0 saturated heterocycles. The normalized spacial score (nSPS) is 20.6. The van der Waals surface area contributed by atoms with Gasteiger partial charge in [0.25, 0.3) is 0 Å². The molecule has 1 heterocycles. The lowest BCUT2D eigenvalue weighted by Crippen LogP contribution is -1.94. The van der Waals surface area contributed by atoms with Gasteiger partial charge in [-0.1, -0.05) is 127 Å². The average Bonchev–Trinajstić information content (AvgIpc) is 3.58. The lowest BCUT2D eigenvalue weighted by atomic mass is 9.86. The maximum Gasteiger partial charge on any atom is 0.135 e. The predicted molar refractivity (Wildman–Crippen MR) is 173 cm³/mol. The molecule has 0 unspecified atom stereocenters. The van der Waals surface area contributed by atoms with Crippen molar-refractivity contribution in [3.8, 4) is 33.6 Å². The molecular formula is C40H28O. The fraction of sp³-hybridized carbons (Fsp3) is 0.0500. The highest BCUT2D eigenvalue weighted by Gasteiger charge is 2.17. The maximum atomic E-state index is 9.12. The fourth-order valence-electron chi connectivity index (χ4n) is 5.78. The molecule has 0 atom stereocenters. The molecule has 8 rings (SSSR count). The molecule has 0 amide bonds. The molecule has 1 aromatic heterocycles. The molecule has 0 saturated carbocycles. The number of hydrogen-bond donors (Lipinski definition) is 0. The Morgan fingerprint density at radius 1 is 0.610 bits per heavy atom. The molecule has 1 aliphatic rings. The van der Waals surface area contributed by atoms with Gasteiger partial charge in [0, 0.05) is 18.2 Å². The van der Waals surface area contributed by atoms with Crippen LogP contribution in [0, 0.1) is 0 Å². The summed E-state index contributed by atoms with van der Waals surface area (Å²) in [6.45, 7) is 0. The van der Waals surface area contributed by atoms with Gasteiger partial charge in [-0.15, -0.1) is 0 Å². The van der Waals surface area contributed by atoms with E-state index in [2.05, 4.69) is 0 Å². The van der Waals surface area contributed by atoms with E-state index in [1.807, 2.05) is 84.9 Å². The SMILES string of the molecule is [2H]C1=C([2H])C(c2cccc(-c3cc4cc(-c5c6ccccc6c(-c6ccccc6)c6c([2H])c([2H])c([2H])c([2H])c56)ccc4o3)c2)C([2H])=C([2H])C1[2H]. The molecule has 0 aliphatic heterocycles. The molecule has 194 valence electrons. The van der Waals surface area contributed by atoms with Crippen molar-refractivity contribution in [3.63, 3.8) is 0 Å². The van der Waals surface area contributed by atoms with E-state index in [1.54, 1.807) is 18.2 Å². The van der Waals surface area contributed by atoms with Crippen molar-refractivity contribution in [2.75, 3.05) is 0 Å². The van der Waals surface area contributed by atoms with Crippen LogP contribution in [0.5, 0.6) is 0 Å². The Kier molecular flexibility index (Phi) is 3.87. The molecule has 0 spiro atoms. The molecule has 0 fully saturated rings. The number of rotatable bonds is 4. The Hall–Kier alpha value is -5.14. The van der Waals surface area contributed by atoms with Crippen LogP contribution in [0.3, 0.4) is 0 Å². The van der Waals surface area contributed by atoms with Crippen LogP contribution >= 0.6 is 0 Å². The molecule has 0 radical (unpaired) electrons. The molecule has 1 nitrogen and oxygen atoms in total. The van der Waals surface area contributed by atoms with E-state index in [0.29, 0.717) is 38.8 Å². The third kappa shape index (κ3) is 4.10. The first-order valence-corrected chi connectivity index (χ1v) is 13.5. The second-order valence-corrected chi connectivity index (χ2v) is 10.1. The number of fused-ring (bicyclic) bond motifs is 3. The minimum atomic E-state index is -1.33. The zero-order chi connectivity index (χ0) is 35.0. The van der Waals surface area contributed by atoms with E-state index in [-0.39, 0.29) is 48.4 Å². The summed E-state index contributed by atoms with van der Waals surface area (Å²) in [5, 5.41) is 3.38. The number of hydrogen-bond acceptors (Lipinski definition) is 1. The highest BCUT2D eigenvalue weighted by atomic mass is 16.3. The van der Waals surface area contributed by atoms with Crippen LogP contribution in [0.15, 0.2) is 156 Å². The third-order valence-corrected chi connectivity index (χ3v) is 7.62. The topological polar surface area (TPSA) is 13.1 Å². The van der Waals surface area contributed by atoms with Gasteiger partial charge in [0.1, 0.15) is 11.3 Å². The summed E-state index contributed by atoms with van der Waals surface area (Å²) in [5.41, 5.74) is 4.91. The van der Waals surface area contributed by atoms with Crippen molar-refractivity contribution in [2.24, 2.45) is 0 Å². The van der Waals surface area contributed by atoms with Crippen LogP contribution in [0.4, 0.5) is 0 Å². The van der Waals surface area contributed by atoms with Gasteiger partial charge in [-0.3, -0.25) is 0 Å². The largest absolute Gasteiger partial charge is 0.456 e. The van der Waals surface area contributed by atoms with E-state index < -0.39 is 12.3 Å². The lowest BCUT2D eigenvalue weighted by molar-refractivity contribution is 0.631. The zero-order valence-corrected chi connectivity index (χ0v) is 21.9. The monoisotopic (exact) mass is 533 g/mol. The van der Waals surface area contributed by atoms with E-state index in [9.17, 15) is 0 Å². The van der Waals surface area contributed by atoms with Gasteiger partial charge < -0.3 is 4.42 Å². The van der Waals surface area contributed by atoms with Crippen molar-refractivity contribution in [1.82, 2.24) is 0 Å². The Morgan fingerprint density at radius 3 is 2.05 bits per heavy atom. The first-order valence-electron chi connectivity index (χ1n) is 18.1. The summed E-state index contributed by atoms with van der Waals surface area (Å²) < 4.78 is 83.0. The summed E-state index contributed by atoms with van der Waals surface area (Å²) >= 11 is 0. The first kappa shape index (κ1) is 16.2. The number of benzene rings is 6. The van der Waals surface area contributed by atoms with Crippen LogP contribution in [-0.2, 0) is 0 Å². The van der Waals surface area contributed by atoms with Crippen LogP contribution in [0.2, 0.25) is 0 Å². The molecule has 41 heavy (non-hydrogen) atoms. The first-order chi connectivity index (χ1) is 24.1. The van der Waals surface area contributed by atoms with Crippen molar-refractivity contribution >= 4 is 32.5 Å². The van der Waals surface area contributed by atoms with E-state index in [4.69, 9.17) is 16.8 Å². The Balaban J connectivity index is 1.33. The molecular weight excluding hydrogens is 496 g/mol. The van der Waals surface area contributed by atoms with Gasteiger partial charge in [-0.2, -0.15) is 0 Å². The zero-order valence-electron chi connectivity index (χ0n) is 30.9. The van der Waals surface area contributed by atoms with Crippen molar-refractivity contribution in [3.05, 3.63) is 157 Å². The van der Waals surface area contributed by atoms with E-state index in [1.165, 1.54) is 0 Å². The maximum absolute atomic E-state index is 9.12. The average molecular weight is 534 g/mol. The van der Waals surface area contributed by atoms with Gasteiger partial charge >= 0.3 is 0 Å². The fourth-order valence-corrected chi connectivity index (χ4v) is 5.78. The van der Waals surface area contributed by atoms with Gasteiger partial charge in [0.05, 0.1) is 11.0 Å². The second kappa shape index (κ2) is 9.80. The van der Waals surface area contributed by atoms with Crippen LogP contribution in [0.25, 0.3) is 66.1 Å². The van der Waals surface area contributed by atoms with Crippen LogP contribution < -0.4 is 0 Å². The summed E-state index contributed by atoms with van der Waals surface area (Å²) in [4.78, 5) is 0. The van der Waals surface area contributed by atoms with Crippen molar-refractivity contribution in [1.29, 1.82) is 0 Å². The van der Waals surface area contributed by atoms with Gasteiger partial charge in [0.2, 0.25) is 0 Å². The summed E-state index contributed by atoms with van der Waals surface area (Å²) in [5.74, 6) is -0.382. The lowest BCUT2D eigenvalue weighted by Gasteiger charge is -2.17. The van der Waals surface area contributed by atoms with Gasteiger partial charge in [-0.05, 0) is 80.0 Å². The molecule has 1 aliphatic carbocycles. The smallest absolute Gasteiger partial charge is 0.135 e. The Labute approximate surface area is 252 Å². The summed E-state index contributed by atoms with van der Waals surface area (Å²) in [6.07, 6.45) is -1.33. The van der Waals surface area contributed by atoms with E-state index in [0.717, 1.165) is 32.8 Å². The minimum absolute atomic E-state index is 0.0962. The van der Waals surface area contributed by atoms with Crippen molar-refractivity contribution in [2.45, 2.75) is 12.3 Å². The molecule has 0 bridgehead atoms. The Bertz CT molecular complexity index is 2580. The van der Waals surface area contributed by atoms with Crippen LogP contribution in [0.1, 0.15) is 30.2 Å². The predicted octanol–water partition coefficient (Wildman–Crippen LogP) is 11.3. The molecule has 1 heteroatoms. The third-order valence-electron chi connectivity index (χ3n) is 7.62. The molecule has 7 aromatic rings. The van der Waals surface area contributed by atoms with Crippen molar-refractivity contribution < 1.29 is 16.8 Å². The summed E-state index contributed by atoms with van der Waals surface area (Å²) in [7, 11) is 0. The van der Waals surface area contributed by atoms with Gasteiger partial charge in [-0.25, -0.2) is 0 Å².